The first kappa shape index (κ1) is 12.5. The summed E-state index contributed by atoms with van der Waals surface area (Å²) in [4.78, 5) is 5.34. The number of thiophene rings is 1. The molecule has 0 amide bonds. The van der Waals surface area contributed by atoms with Crippen LogP contribution in [-0.2, 0) is 0 Å². The summed E-state index contributed by atoms with van der Waals surface area (Å²) < 4.78 is 10.6. The van der Waals surface area contributed by atoms with Crippen LogP contribution in [0.5, 0.6) is 5.88 Å². The van der Waals surface area contributed by atoms with Crippen LogP contribution in [0, 0.1) is 11.3 Å². The lowest BCUT2D eigenvalue weighted by atomic mass is 10.1. The molecule has 0 bridgehead atoms. The molecule has 0 aromatic carbocycles. The van der Waals surface area contributed by atoms with E-state index in [2.05, 4.69) is 11.1 Å². The summed E-state index contributed by atoms with van der Waals surface area (Å²) in [6.07, 6.45) is 1.59. The van der Waals surface area contributed by atoms with Gasteiger partial charge in [0.1, 0.15) is 17.3 Å². The summed E-state index contributed by atoms with van der Waals surface area (Å²) in [5.41, 5.74) is 1.89. The first-order chi connectivity index (χ1) is 9.83. The zero-order valence-corrected chi connectivity index (χ0v) is 11.5. The Morgan fingerprint density at radius 2 is 2.25 bits per heavy atom. The van der Waals surface area contributed by atoms with Crippen molar-refractivity contribution in [2.24, 2.45) is 0 Å². The number of hydrogen-bond donors (Lipinski definition) is 0. The van der Waals surface area contributed by atoms with Gasteiger partial charge in [-0.05, 0) is 29.6 Å². The highest BCUT2D eigenvalue weighted by molar-refractivity contribution is 7.13. The van der Waals surface area contributed by atoms with Crippen LogP contribution in [0.25, 0.3) is 21.9 Å². The maximum absolute atomic E-state index is 9.36. The summed E-state index contributed by atoms with van der Waals surface area (Å²) in [5.74, 6) is 0.954. The third kappa shape index (κ3) is 2.06. The zero-order chi connectivity index (χ0) is 13.9. The number of rotatable bonds is 3. The van der Waals surface area contributed by atoms with Gasteiger partial charge in [0.05, 0.1) is 13.4 Å². The van der Waals surface area contributed by atoms with Crippen molar-refractivity contribution in [1.29, 1.82) is 5.26 Å². The summed E-state index contributed by atoms with van der Waals surface area (Å²) in [6.45, 7) is 0. The van der Waals surface area contributed by atoms with Gasteiger partial charge in [-0.1, -0.05) is 6.07 Å². The highest BCUT2D eigenvalue weighted by Gasteiger charge is 2.17. The molecular weight excluding hydrogens is 272 g/mol. The molecule has 0 atom stereocenters. The van der Waals surface area contributed by atoms with E-state index in [0.717, 1.165) is 10.4 Å². The van der Waals surface area contributed by atoms with E-state index in [1.807, 2.05) is 29.6 Å². The van der Waals surface area contributed by atoms with Gasteiger partial charge in [0, 0.05) is 10.4 Å². The van der Waals surface area contributed by atoms with Crippen LogP contribution in [0.1, 0.15) is 5.56 Å². The first-order valence-electron chi connectivity index (χ1n) is 5.90. The van der Waals surface area contributed by atoms with Gasteiger partial charge in [0.2, 0.25) is 5.88 Å². The van der Waals surface area contributed by atoms with Gasteiger partial charge in [0.25, 0.3) is 0 Å². The second kappa shape index (κ2) is 5.19. The molecule has 0 aliphatic carbocycles. The lowest BCUT2D eigenvalue weighted by Crippen LogP contribution is -1.96. The van der Waals surface area contributed by atoms with Gasteiger partial charge >= 0.3 is 0 Å². The van der Waals surface area contributed by atoms with Crippen molar-refractivity contribution in [3.8, 4) is 33.8 Å². The lowest BCUT2D eigenvalue weighted by Gasteiger charge is -2.08. The quantitative estimate of drug-likeness (QED) is 0.729. The van der Waals surface area contributed by atoms with E-state index < -0.39 is 0 Å². The van der Waals surface area contributed by atoms with E-state index in [1.54, 1.807) is 23.7 Å². The van der Waals surface area contributed by atoms with Gasteiger partial charge in [-0.2, -0.15) is 5.26 Å². The molecule has 0 saturated heterocycles. The largest absolute Gasteiger partial charge is 0.480 e. The topological polar surface area (TPSA) is 59.1 Å². The average molecular weight is 282 g/mol. The summed E-state index contributed by atoms with van der Waals surface area (Å²) in [5, 5.41) is 11.3. The lowest BCUT2D eigenvalue weighted by molar-refractivity contribution is 0.397. The number of hydrogen-bond acceptors (Lipinski definition) is 5. The highest BCUT2D eigenvalue weighted by Crippen LogP contribution is 2.35. The predicted molar refractivity (Wildman–Crippen MR) is 76.5 cm³/mol. The van der Waals surface area contributed by atoms with Gasteiger partial charge in [-0.15, -0.1) is 11.3 Å². The Morgan fingerprint density at radius 1 is 1.35 bits per heavy atom. The Bertz CT molecular complexity index is 756. The Labute approximate surface area is 119 Å². The molecule has 3 aromatic heterocycles. The minimum Gasteiger partial charge on any atom is -0.480 e. The van der Waals surface area contributed by atoms with Crippen molar-refractivity contribution in [2.75, 3.05) is 7.11 Å². The van der Waals surface area contributed by atoms with Crippen molar-refractivity contribution >= 4 is 11.3 Å². The van der Waals surface area contributed by atoms with Crippen LogP contribution in [0.2, 0.25) is 0 Å². The number of furan rings is 1. The Morgan fingerprint density at radius 3 is 2.85 bits per heavy atom. The molecule has 0 spiro atoms. The van der Waals surface area contributed by atoms with Crippen LogP contribution in [-0.4, -0.2) is 12.1 Å². The van der Waals surface area contributed by atoms with E-state index >= 15 is 0 Å². The summed E-state index contributed by atoms with van der Waals surface area (Å²) in [6, 6.07) is 11.6. The van der Waals surface area contributed by atoms with Crippen LogP contribution >= 0.6 is 11.3 Å². The molecule has 5 heteroatoms. The fraction of sp³-hybridized carbons (Fsp3) is 0.0667. The molecule has 0 fully saturated rings. The molecule has 0 saturated carbocycles. The number of nitrogens with zero attached hydrogens (tertiary/aromatic N) is 2. The second-order valence-electron chi connectivity index (χ2n) is 4.01. The molecule has 3 rings (SSSR count). The monoisotopic (exact) mass is 282 g/mol. The van der Waals surface area contributed by atoms with Crippen molar-refractivity contribution < 1.29 is 9.15 Å². The summed E-state index contributed by atoms with van der Waals surface area (Å²) >= 11 is 1.57. The first-order valence-corrected chi connectivity index (χ1v) is 6.78. The maximum atomic E-state index is 9.36. The zero-order valence-electron chi connectivity index (χ0n) is 10.7. The van der Waals surface area contributed by atoms with Gasteiger partial charge in [-0.25, -0.2) is 4.98 Å². The molecule has 0 aliphatic heterocycles. The molecule has 3 aromatic rings. The maximum Gasteiger partial charge on any atom is 0.232 e. The van der Waals surface area contributed by atoms with Crippen molar-refractivity contribution in [1.82, 2.24) is 4.98 Å². The average Bonchev–Trinajstić information content (AvgIpc) is 3.18. The highest BCUT2D eigenvalue weighted by atomic mass is 32.1. The van der Waals surface area contributed by atoms with Crippen LogP contribution in [0.4, 0.5) is 0 Å². The van der Waals surface area contributed by atoms with E-state index in [1.165, 1.54) is 7.11 Å². The molecule has 0 radical (unpaired) electrons. The molecule has 0 unspecified atom stereocenters. The van der Waals surface area contributed by atoms with E-state index in [9.17, 15) is 5.26 Å². The molecule has 0 aliphatic rings. The van der Waals surface area contributed by atoms with E-state index in [0.29, 0.717) is 22.9 Å². The van der Waals surface area contributed by atoms with E-state index in [-0.39, 0.29) is 0 Å². The van der Waals surface area contributed by atoms with E-state index in [4.69, 9.17) is 9.15 Å². The Hall–Kier alpha value is -2.58. The SMILES string of the molecule is COc1nc(-c2ccco2)cc(-c2cccs2)c1C#N. The van der Waals surface area contributed by atoms with Gasteiger partial charge in [-0.3, -0.25) is 0 Å². The number of methoxy groups -OCH3 is 1. The van der Waals surface area contributed by atoms with Crippen molar-refractivity contribution in [2.45, 2.75) is 0 Å². The minimum atomic E-state index is 0.310. The number of pyridine rings is 1. The standard InChI is InChI=1S/C15H10N2O2S/c1-18-15-11(9-16)10(14-5-3-7-20-14)8-12(17-15)13-4-2-6-19-13/h2-8H,1H3. The van der Waals surface area contributed by atoms with Crippen molar-refractivity contribution in [3.05, 3.63) is 47.5 Å². The molecular formula is C15H10N2O2S. The molecule has 4 nitrogen and oxygen atoms in total. The van der Waals surface area contributed by atoms with Crippen LogP contribution < -0.4 is 4.74 Å². The Balaban J connectivity index is 2.26. The van der Waals surface area contributed by atoms with Crippen LogP contribution in [0.15, 0.2) is 46.4 Å². The van der Waals surface area contributed by atoms with Crippen LogP contribution in [0.3, 0.4) is 0 Å². The number of ether oxygens (including phenoxy) is 1. The molecule has 20 heavy (non-hydrogen) atoms. The van der Waals surface area contributed by atoms with Gasteiger partial charge < -0.3 is 9.15 Å². The third-order valence-electron chi connectivity index (χ3n) is 2.85. The fourth-order valence-electron chi connectivity index (χ4n) is 1.95. The second-order valence-corrected chi connectivity index (χ2v) is 4.95. The predicted octanol–water partition coefficient (Wildman–Crippen LogP) is 3.95. The smallest absolute Gasteiger partial charge is 0.232 e. The summed E-state index contributed by atoms with van der Waals surface area (Å²) in [7, 11) is 1.51. The normalized spacial score (nSPS) is 10.2. The number of nitriles is 1. The Kier molecular flexibility index (Phi) is 3.23. The van der Waals surface area contributed by atoms with Crippen molar-refractivity contribution in [3.63, 3.8) is 0 Å². The molecule has 98 valence electrons. The third-order valence-corrected chi connectivity index (χ3v) is 3.75. The molecule has 3 heterocycles. The number of aromatic nitrogens is 1. The van der Waals surface area contributed by atoms with Gasteiger partial charge in [0.15, 0.2) is 5.76 Å². The molecule has 0 N–H and O–H groups in total. The minimum absolute atomic E-state index is 0.310. The fourth-order valence-corrected chi connectivity index (χ4v) is 2.70.